The molecule has 7 nitrogen and oxygen atoms in total. The zero-order valence-corrected chi connectivity index (χ0v) is 18.8. The fraction of sp³-hybridized carbons (Fsp3) is 0.478. The van der Waals surface area contributed by atoms with Crippen LogP contribution in [0.15, 0.2) is 29.3 Å². The van der Waals surface area contributed by atoms with Crippen LogP contribution in [0.1, 0.15) is 62.4 Å². The van der Waals surface area contributed by atoms with Crippen molar-refractivity contribution in [1.82, 2.24) is 19.5 Å². The number of thiazole rings is 1. The number of nitrogens with zero attached hydrogens (tertiary/aromatic N) is 5. The zero-order chi connectivity index (χ0) is 21.6. The molecule has 3 aromatic rings. The van der Waals surface area contributed by atoms with E-state index in [0.717, 1.165) is 71.9 Å². The quantitative estimate of drug-likeness (QED) is 0.605. The van der Waals surface area contributed by atoms with E-state index in [9.17, 15) is 9.90 Å². The molecule has 0 radical (unpaired) electrons. The van der Waals surface area contributed by atoms with Gasteiger partial charge in [-0.15, -0.1) is 5.10 Å². The summed E-state index contributed by atoms with van der Waals surface area (Å²) >= 11 is 1.58. The first-order chi connectivity index (χ1) is 15.0. The van der Waals surface area contributed by atoms with E-state index in [-0.39, 0.29) is 11.7 Å². The summed E-state index contributed by atoms with van der Waals surface area (Å²) in [5, 5.41) is 14.2. The van der Waals surface area contributed by atoms with Crippen LogP contribution in [0.4, 0.5) is 0 Å². The molecule has 3 heterocycles. The van der Waals surface area contributed by atoms with Crippen LogP contribution in [0, 0.1) is 6.92 Å². The number of phenols is 1. The first-order valence-electron chi connectivity index (χ1n) is 11.1. The third-order valence-electron chi connectivity index (χ3n) is 6.42. The second-order valence-electron chi connectivity index (χ2n) is 8.55. The molecule has 0 saturated heterocycles. The van der Waals surface area contributed by atoms with Crippen molar-refractivity contribution in [2.45, 2.75) is 70.9 Å². The Hall–Kier alpha value is -2.74. The number of carbonyl (C=O) groups is 1. The Morgan fingerprint density at radius 3 is 2.61 bits per heavy atom. The summed E-state index contributed by atoms with van der Waals surface area (Å²) in [6.45, 7) is 4.74. The van der Waals surface area contributed by atoms with E-state index in [2.05, 4.69) is 17.0 Å². The van der Waals surface area contributed by atoms with Gasteiger partial charge in [-0.2, -0.15) is 4.98 Å². The van der Waals surface area contributed by atoms with E-state index in [1.807, 2.05) is 28.5 Å². The normalized spacial score (nSPS) is 17.9. The molecular weight excluding hydrogens is 410 g/mol. The number of aromatic hydroxyl groups is 1. The standard InChI is InChI=1S/C23H27N5O2S/c1-3-4-7-19-25-23(12-5-6-13-23)21(30)27(19)14-18-15(2)28-22(31-18)24-20(26-28)16-8-10-17(29)11-9-16/h8-11,29H,3-7,12-14H2,1-2H3. The number of hydrogen-bond acceptors (Lipinski definition) is 6. The average molecular weight is 438 g/mol. The summed E-state index contributed by atoms with van der Waals surface area (Å²) in [6.07, 6.45) is 6.91. The van der Waals surface area contributed by atoms with Crippen LogP contribution in [-0.2, 0) is 11.3 Å². The van der Waals surface area contributed by atoms with E-state index in [4.69, 9.17) is 4.99 Å². The highest BCUT2D eigenvalue weighted by Crippen LogP contribution is 2.40. The number of rotatable bonds is 6. The van der Waals surface area contributed by atoms with E-state index >= 15 is 0 Å². The molecule has 0 unspecified atom stereocenters. The highest BCUT2D eigenvalue weighted by atomic mass is 32.1. The number of aryl methyl sites for hydroxylation is 1. The third kappa shape index (κ3) is 3.43. The highest BCUT2D eigenvalue weighted by Gasteiger charge is 2.49. The Morgan fingerprint density at radius 2 is 1.94 bits per heavy atom. The molecule has 5 rings (SSSR count). The molecule has 8 heteroatoms. The topological polar surface area (TPSA) is 83.1 Å². The lowest BCUT2D eigenvalue weighted by atomic mass is 9.98. The molecule has 1 amide bonds. The van der Waals surface area contributed by atoms with Crippen molar-refractivity contribution in [2.24, 2.45) is 4.99 Å². The largest absolute Gasteiger partial charge is 0.508 e. The molecule has 2 aromatic heterocycles. The summed E-state index contributed by atoms with van der Waals surface area (Å²) in [4.78, 5) is 26.9. The van der Waals surface area contributed by atoms with Crippen molar-refractivity contribution < 1.29 is 9.90 Å². The SMILES string of the molecule is CCCCC1=NC2(CCCC2)C(=O)N1Cc1sc2nc(-c3ccc(O)cc3)nn2c1C. The van der Waals surface area contributed by atoms with Gasteiger partial charge in [-0.3, -0.25) is 14.7 Å². The number of unbranched alkanes of at least 4 members (excludes halogenated alkanes) is 1. The fourth-order valence-corrected chi connectivity index (χ4v) is 5.65. The number of aromatic nitrogens is 3. The first-order valence-corrected chi connectivity index (χ1v) is 11.9. The molecule has 31 heavy (non-hydrogen) atoms. The minimum absolute atomic E-state index is 0.180. The number of amidine groups is 1. The molecule has 1 saturated carbocycles. The fourth-order valence-electron chi connectivity index (χ4n) is 4.61. The lowest BCUT2D eigenvalue weighted by molar-refractivity contribution is -0.131. The Labute approximate surface area is 185 Å². The molecule has 0 atom stereocenters. The van der Waals surface area contributed by atoms with E-state index in [1.165, 1.54) is 0 Å². The molecule has 1 aromatic carbocycles. The van der Waals surface area contributed by atoms with Crippen molar-refractivity contribution in [1.29, 1.82) is 0 Å². The van der Waals surface area contributed by atoms with Crippen molar-refractivity contribution >= 4 is 28.0 Å². The molecule has 1 aliphatic carbocycles. The summed E-state index contributed by atoms with van der Waals surface area (Å²) in [5.74, 6) is 1.99. The lowest BCUT2D eigenvalue weighted by Gasteiger charge is -2.22. The van der Waals surface area contributed by atoms with Gasteiger partial charge >= 0.3 is 0 Å². The van der Waals surface area contributed by atoms with Crippen molar-refractivity contribution in [3.63, 3.8) is 0 Å². The number of aliphatic imine (C=N–C) groups is 1. The number of carbonyl (C=O) groups excluding carboxylic acids is 1. The van der Waals surface area contributed by atoms with Gasteiger partial charge in [0.05, 0.1) is 12.2 Å². The van der Waals surface area contributed by atoms with Crippen LogP contribution in [0.3, 0.4) is 0 Å². The Balaban J connectivity index is 1.43. The van der Waals surface area contributed by atoms with E-state index in [0.29, 0.717) is 12.4 Å². The molecule has 1 aliphatic heterocycles. The van der Waals surface area contributed by atoms with Crippen LogP contribution < -0.4 is 0 Å². The van der Waals surface area contributed by atoms with Crippen LogP contribution >= 0.6 is 11.3 Å². The summed E-state index contributed by atoms with van der Waals surface area (Å²) in [6, 6.07) is 6.90. The summed E-state index contributed by atoms with van der Waals surface area (Å²) in [5.41, 5.74) is 1.37. The van der Waals surface area contributed by atoms with Gasteiger partial charge in [0.2, 0.25) is 4.96 Å². The van der Waals surface area contributed by atoms with E-state index < -0.39 is 5.54 Å². The maximum absolute atomic E-state index is 13.4. The van der Waals surface area contributed by atoms with Gasteiger partial charge in [0, 0.05) is 16.9 Å². The van der Waals surface area contributed by atoms with Crippen LogP contribution in [-0.4, -0.2) is 41.9 Å². The second kappa shape index (κ2) is 7.75. The predicted octanol–water partition coefficient (Wildman–Crippen LogP) is 4.72. The van der Waals surface area contributed by atoms with Gasteiger partial charge in [0.1, 0.15) is 17.1 Å². The molecule has 0 bridgehead atoms. The molecule has 162 valence electrons. The number of fused-ring (bicyclic) bond motifs is 1. The maximum atomic E-state index is 13.4. The van der Waals surface area contributed by atoms with Crippen LogP contribution in [0.5, 0.6) is 5.75 Å². The number of phenolic OH excluding ortho intramolecular Hbond substituents is 1. The van der Waals surface area contributed by atoms with Gasteiger partial charge in [0.25, 0.3) is 5.91 Å². The van der Waals surface area contributed by atoms with Gasteiger partial charge in [-0.1, -0.05) is 37.5 Å². The Kier molecular flexibility index (Phi) is 5.04. The molecule has 1 fully saturated rings. The number of hydrogen-bond donors (Lipinski definition) is 1. The van der Waals surface area contributed by atoms with Gasteiger partial charge < -0.3 is 5.11 Å². The van der Waals surface area contributed by atoms with E-state index in [1.54, 1.807) is 23.5 Å². The van der Waals surface area contributed by atoms with Crippen LogP contribution in [0.2, 0.25) is 0 Å². The second-order valence-corrected chi connectivity index (χ2v) is 9.61. The molecule has 2 aliphatic rings. The maximum Gasteiger partial charge on any atom is 0.256 e. The lowest BCUT2D eigenvalue weighted by Crippen LogP contribution is -2.40. The predicted molar refractivity (Wildman–Crippen MR) is 121 cm³/mol. The molecule has 1 N–H and O–H groups in total. The summed E-state index contributed by atoms with van der Waals surface area (Å²) < 4.78 is 1.86. The molecular formula is C23H27N5O2S. The number of benzene rings is 1. The Bertz CT molecular complexity index is 1150. The average Bonchev–Trinajstić information content (AvgIpc) is 3.51. The van der Waals surface area contributed by atoms with Crippen LogP contribution in [0.25, 0.3) is 16.3 Å². The zero-order valence-electron chi connectivity index (χ0n) is 18.0. The van der Waals surface area contributed by atoms with Crippen molar-refractivity contribution in [3.05, 3.63) is 34.8 Å². The van der Waals surface area contributed by atoms with Gasteiger partial charge in [-0.05, 0) is 50.5 Å². The third-order valence-corrected chi connectivity index (χ3v) is 7.54. The summed E-state index contributed by atoms with van der Waals surface area (Å²) in [7, 11) is 0. The Morgan fingerprint density at radius 1 is 1.19 bits per heavy atom. The first kappa shape index (κ1) is 20.2. The number of amides is 1. The minimum Gasteiger partial charge on any atom is -0.508 e. The highest BCUT2D eigenvalue weighted by molar-refractivity contribution is 7.17. The smallest absolute Gasteiger partial charge is 0.256 e. The van der Waals surface area contributed by atoms with Gasteiger partial charge in [-0.25, -0.2) is 4.52 Å². The van der Waals surface area contributed by atoms with Crippen molar-refractivity contribution in [2.75, 3.05) is 0 Å². The van der Waals surface area contributed by atoms with Gasteiger partial charge in [0.15, 0.2) is 5.82 Å². The minimum atomic E-state index is -0.501. The molecule has 1 spiro atoms. The van der Waals surface area contributed by atoms with Crippen molar-refractivity contribution in [3.8, 4) is 17.1 Å². The monoisotopic (exact) mass is 437 g/mol.